The second-order valence-corrected chi connectivity index (χ2v) is 9.72. The van der Waals surface area contributed by atoms with Crippen molar-refractivity contribution >= 4 is 49.7 Å². The highest BCUT2D eigenvalue weighted by atomic mass is 32.2. The standard InChI is InChI=1S/C20H15F2N5O5S2/c1-23-10-4-5-12-15(9-10)25-20(30)27(18(12)28)17-13(21)7-11(8-14(17)22)24-19(29)26-34(31,32)16-3-2-6-33-16/h2-9,23H,1H3,(H,25,30)(H2,24,26,29). The number of thiophene rings is 1. The van der Waals surface area contributed by atoms with Gasteiger partial charge in [-0.2, -0.15) is 0 Å². The molecule has 0 spiro atoms. The Labute approximate surface area is 193 Å². The minimum Gasteiger partial charge on any atom is -0.388 e. The molecule has 4 aromatic rings. The average Bonchev–Trinajstić information content (AvgIpc) is 3.30. The van der Waals surface area contributed by atoms with Gasteiger partial charge in [-0.05, 0) is 41.8 Å². The summed E-state index contributed by atoms with van der Waals surface area (Å²) in [5, 5.41) is 6.35. The molecule has 2 amide bonds. The van der Waals surface area contributed by atoms with Gasteiger partial charge in [0.1, 0.15) is 9.90 Å². The predicted octanol–water partition coefficient (Wildman–Crippen LogP) is 2.57. The van der Waals surface area contributed by atoms with Crippen molar-refractivity contribution in [3.05, 3.63) is 80.3 Å². The summed E-state index contributed by atoms with van der Waals surface area (Å²) in [7, 11) is -2.53. The molecule has 0 aliphatic carbocycles. The van der Waals surface area contributed by atoms with Crippen LogP contribution in [0, 0.1) is 11.6 Å². The molecule has 2 heterocycles. The number of benzene rings is 2. The van der Waals surface area contributed by atoms with Crippen LogP contribution >= 0.6 is 11.3 Å². The minimum atomic E-state index is -4.17. The van der Waals surface area contributed by atoms with E-state index in [0.29, 0.717) is 22.4 Å². The van der Waals surface area contributed by atoms with Gasteiger partial charge in [-0.1, -0.05) is 6.07 Å². The number of nitrogens with one attached hydrogen (secondary N) is 4. The van der Waals surface area contributed by atoms with E-state index in [4.69, 9.17) is 0 Å². The molecule has 0 aliphatic heterocycles. The summed E-state index contributed by atoms with van der Waals surface area (Å²) in [4.78, 5) is 39.8. The van der Waals surface area contributed by atoms with Crippen LogP contribution in [-0.2, 0) is 10.0 Å². The number of hydrogen-bond acceptors (Lipinski definition) is 7. The number of nitrogens with zero attached hydrogens (tertiary/aromatic N) is 1. The van der Waals surface area contributed by atoms with Gasteiger partial charge in [0.2, 0.25) is 0 Å². The van der Waals surface area contributed by atoms with E-state index in [1.807, 2.05) is 5.32 Å². The van der Waals surface area contributed by atoms with E-state index < -0.39 is 50.3 Å². The molecular formula is C20H15F2N5O5S2. The summed E-state index contributed by atoms with van der Waals surface area (Å²) in [5.74, 6) is -2.68. The second-order valence-electron chi connectivity index (χ2n) is 6.86. The summed E-state index contributed by atoms with van der Waals surface area (Å²) in [6, 6.07) is 7.20. The maximum Gasteiger partial charge on any atom is 0.333 e. The van der Waals surface area contributed by atoms with Gasteiger partial charge in [-0.25, -0.2) is 36.1 Å². The summed E-state index contributed by atoms with van der Waals surface area (Å²) < 4.78 is 55.8. The zero-order chi connectivity index (χ0) is 24.6. The zero-order valence-corrected chi connectivity index (χ0v) is 18.8. The van der Waals surface area contributed by atoms with Crippen molar-refractivity contribution in [2.24, 2.45) is 0 Å². The van der Waals surface area contributed by atoms with E-state index in [1.54, 1.807) is 17.8 Å². The lowest BCUT2D eigenvalue weighted by Crippen LogP contribution is -2.35. The lowest BCUT2D eigenvalue weighted by Gasteiger charge is -2.12. The molecule has 176 valence electrons. The number of sulfonamides is 1. The number of urea groups is 1. The Bertz CT molecular complexity index is 1620. The molecule has 0 atom stereocenters. The molecule has 4 N–H and O–H groups in total. The summed E-state index contributed by atoms with van der Waals surface area (Å²) in [6.07, 6.45) is 0. The number of aromatic nitrogens is 2. The van der Waals surface area contributed by atoms with Crippen molar-refractivity contribution in [2.75, 3.05) is 17.7 Å². The molecule has 0 saturated carbocycles. The normalized spacial score (nSPS) is 11.4. The average molecular weight is 508 g/mol. The zero-order valence-electron chi connectivity index (χ0n) is 17.2. The largest absolute Gasteiger partial charge is 0.388 e. The van der Waals surface area contributed by atoms with Gasteiger partial charge >= 0.3 is 11.7 Å². The first-order valence-corrected chi connectivity index (χ1v) is 11.8. The van der Waals surface area contributed by atoms with Crippen LogP contribution in [0.5, 0.6) is 0 Å². The summed E-state index contributed by atoms with van der Waals surface area (Å²) in [5.41, 5.74) is -2.67. The number of rotatable bonds is 5. The number of H-pyrrole nitrogens is 1. The number of fused-ring (bicyclic) bond motifs is 1. The van der Waals surface area contributed by atoms with Crippen LogP contribution < -0.4 is 26.6 Å². The molecule has 0 unspecified atom stereocenters. The molecule has 2 aromatic carbocycles. The third kappa shape index (κ3) is 4.27. The SMILES string of the molecule is CNc1ccc2c(=O)n(-c3c(F)cc(NC(=O)NS(=O)(=O)c4cccs4)cc3F)c(=O)[nH]c2c1. The third-order valence-corrected chi connectivity index (χ3v) is 7.40. The van der Waals surface area contributed by atoms with Crippen molar-refractivity contribution in [1.82, 2.24) is 14.3 Å². The first-order valence-electron chi connectivity index (χ1n) is 9.44. The smallest absolute Gasteiger partial charge is 0.333 e. The molecule has 0 radical (unpaired) electrons. The highest BCUT2D eigenvalue weighted by molar-refractivity contribution is 7.92. The second kappa shape index (κ2) is 8.72. The maximum atomic E-state index is 14.8. The number of halogens is 2. The van der Waals surface area contributed by atoms with E-state index in [2.05, 4.69) is 10.3 Å². The molecule has 10 nitrogen and oxygen atoms in total. The van der Waals surface area contributed by atoms with Gasteiger partial charge in [-0.15, -0.1) is 11.3 Å². The number of carbonyl (C=O) groups is 1. The van der Waals surface area contributed by atoms with Crippen molar-refractivity contribution in [3.63, 3.8) is 0 Å². The van der Waals surface area contributed by atoms with E-state index in [-0.39, 0.29) is 15.1 Å². The Morgan fingerprint density at radius 1 is 1.06 bits per heavy atom. The third-order valence-electron chi connectivity index (χ3n) is 4.67. The Morgan fingerprint density at radius 2 is 1.76 bits per heavy atom. The molecule has 0 aliphatic rings. The van der Waals surface area contributed by atoms with E-state index in [1.165, 1.54) is 29.6 Å². The number of amides is 2. The monoisotopic (exact) mass is 507 g/mol. The summed E-state index contributed by atoms with van der Waals surface area (Å²) in [6.45, 7) is 0. The Balaban J connectivity index is 1.69. The lowest BCUT2D eigenvalue weighted by atomic mass is 10.2. The molecule has 0 fully saturated rings. The maximum absolute atomic E-state index is 14.8. The van der Waals surface area contributed by atoms with Crippen LogP contribution in [0.2, 0.25) is 0 Å². The number of aromatic amines is 1. The van der Waals surface area contributed by atoms with Gasteiger partial charge in [0.15, 0.2) is 11.6 Å². The summed E-state index contributed by atoms with van der Waals surface area (Å²) >= 11 is 0.869. The molecule has 14 heteroatoms. The molecule has 0 bridgehead atoms. The van der Waals surface area contributed by atoms with E-state index >= 15 is 0 Å². The Morgan fingerprint density at radius 3 is 2.38 bits per heavy atom. The van der Waals surface area contributed by atoms with Crippen molar-refractivity contribution in [3.8, 4) is 5.69 Å². The van der Waals surface area contributed by atoms with Crippen molar-refractivity contribution in [2.45, 2.75) is 4.21 Å². The fraction of sp³-hybridized carbons (Fsp3) is 0.0500. The highest BCUT2D eigenvalue weighted by Crippen LogP contribution is 2.22. The number of carbonyl (C=O) groups excluding carboxylic acids is 1. The van der Waals surface area contributed by atoms with Crippen LogP contribution in [0.1, 0.15) is 0 Å². The fourth-order valence-corrected chi connectivity index (χ4v) is 5.07. The molecular weight excluding hydrogens is 492 g/mol. The highest BCUT2D eigenvalue weighted by Gasteiger charge is 2.22. The molecule has 4 rings (SSSR count). The van der Waals surface area contributed by atoms with Crippen molar-refractivity contribution in [1.29, 1.82) is 0 Å². The van der Waals surface area contributed by atoms with E-state index in [9.17, 15) is 31.6 Å². The van der Waals surface area contributed by atoms with Crippen LogP contribution in [-0.4, -0.2) is 31.0 Å². The van der Waals surface area contributed by atoms with Gasteiger partial charge in [-0.3, -0.25) is 4.79 Å². The van der Waals surface area contributed by atoms with Crippen LogP contribution in [0.3, 0.4) is 0 Å². The fourth-order valence-electron chi connectivity index (χ4n) is 3.17. The predicted molar refractivity (Wildman–Crippen MR) is 123 cm³/mol. The molecule has 2 aromatic heterocycles. The van der Waals surface area contributed by atoms with Crippen LogP contribution in [0.4, 0.5) is 25.0 Å². The van der Waals surface area contributed by atoms with E-state index in [0.717, 1.165) is 11.3 Å². The topological polar surface area (TPSA) is 142 Å². The minimum absolute atomic E-state index is 0.0118. The molecule has 0 saturated heterocycles. The Kier molecular flexibility index (Phi) is 5.93. The van der Waals surface area contributed by atoms with Crippen molar-refractivity contribution < 1.29 is 22.0 Å². The quantitative estimate of drug-likeness (QED) is 0.327. The lowest BCUT2D eigenvalue weighted by molar-refractivity contribution is 0.256. The van der Waals surface area contributed by atoms with Gasteiger partial charge in [0, 0.05) is 18.4 Å². The number of hydrogen-bond donors (Lipinski definition) is 4. The molecule has 34 heavy (non-hydrogen) atoms. The first kappa shape index (κ1) is 23.1. The van der Waals surface area contributed by atoms with Gasteiger partial charge in [0.25, 0.3) is 15.6 Å². The first-order chi connectivity index (χ1) is 16.1. The van der Waals surface area contributed by atoms with Crippen LogP contribution in [0.15, 0.2) is 61.6 Å². The van der Waals surface area contributed by atoms with Gasteiger partial charge < -0.3 is 15.6 Å². The van der Waals surface area contributed by atoms with Gasteiger partial charge in [0.05, 0.1) is 10.9 Å². The Hall–Kier alpha value is -4.04. The van der Waals surface area contributed by atoms with Crippen LogP contribution in [0.25, 0.3) is 16.6 Å². The number of anilines is 2.